The molecule has 0 spiro atoms. The van der Waals surface area contributed by atoms with Gasteiger partial charge >= 0.3 is 18.4 Å². The van der Waals surface area contributed by atoms with Gasteiger partial charge in [-0.05, 0) is 52.3 Å². The molecule has 2 N–H and O–H groups in total. The third-order valence-corrected chi connectivity index (χ3v) is 5.20. The number of halogens is 6. The van der Waals surface area contributed by atoms with Gasteiger partial charge in [0.25, 0.3) is 0 Å². The smallest absolute Gasteiger partial charge is 0.433 e. The van der Waals surface area contributed by atoms with Gasteiger partial charge in [0.1, 0.15) is 11.8 Å². The zero-order valence-corrected chi connectivity index (χ0v) is 18.3. The number of para-hydroxylation sites is 1. The molecular formula is C22H25F6N3O2. The summed E-state index contributed by atoms with van der Waals surface area (Å²) in [6, 6.07) is 3.14. The first kappa shape index (κ1) is 25.1. The van der Waals surface area contributed by atoms with Crippen LogP contribution in [0.1, 0.15) is 63.0 Å². The molecule has 0 bridgehead atoms. The van der Waals surface area contributed by atoms with Crippen LogP contribution in [0.25, 0.3) is 10.9 Å². The number of hydrogen-bond acceptors (Lipinski definition) is 4. The van der Waals surface area contributed by atoms with Crippen molar-refractivity contribution >= 4 is 17.0 Å². The molecule has 0 saturated carbocycles. The third kappa shape index (κ3) is 6.07. The van der Waals surface area contributed by atoms with Crippen molar-refractivity contribution in [3.8, 4) is 0 Å². The molecule has 2 heterocycles. The highest BCUT2D eigenvalue weighted by molar-refractivity contribution is 5.86. The van der Waals surface area contributed by atoms with Crippen molar-refractivity contribution < 1.29 is 35.9 Å². The average Bonchev–Trinajstić information content (AvgIpc) is 2.69. The van der Waals surface area contributed by atoms with Crippen molar-refractivity contribution in [1.82, 2.24) is 15.6 Å². The Morgan fingerprint density at radius 1 is 1.12 bits per heavy atom. The molecule has 0 radical (unpaired) electrons. The summed E-state index contributed by atoms with van der Waals surface area (Å²) in [7, 11) is 0. The van der Waals surface area contributed by atoms with Crippen LogP contribution < -0.4 is 10.6 Å². The first-order chi connectivity index (χ1) is 15.2. The number of pyridine rings is 1. The van der Waals surface area contributed by atoms with Gasteiger partial charge in [0, 0.05) is 22.5 Å². The molecule has 2 unspecified atom stereocenters. The molecule has 11 heteroatoms. The number of amides is 1. The van der Waals surface area contributed by atoms with E-state index < -0.39 is 52.9 Å². The number of carbonyl (C=O) groups excluding carboxylic acids is 1. The standard InChI is InChI=1S/C22H25F6N3O2/c1-20(2,3)31-19(32)33-18(15-9-4-5-10-29-15)13-11-16(22(26,27)28)30-17-12(13)7-6-8-14(17)21(23,24)25/h6-8,11,15,18,29H,4-5,9-10H2,1-3H3,(H,31,32). The largest absolute Gasteiger partial charge is 0.440 e. The predicted molar refractivity (Wildman–Crippen MR) is 109 cm³/mol. The van der Waals surface area contributed by atoms with Gasteiger partial charge in [0.05, 0.1) is 11.1 Å². The number of alkyl halides is 6. The van der Waals surface area contributed by atoms with E-state index in [0.29, 0.717) is 25.1 Å². The minimum Gasteiger partial charge on any atom is -0.440 e. The van der Waals surface area contributed by atoms with Crippen molar-refractivity contribution in [3.05, 3.63) is 41.1 Å². The Bertz CT molecular complexity index is 1010. The number of piperidine rings is 1. The molecule has 2 atom stereocenters. The number of nitrogens with zero attached hydrogens (tertiary/aromatic N) is 1. The fourth-order valence-corrected chi connectivity index (χ4v) is 3.83. The van der Waals surface area contributed by atoms with E-state index in [0.717, 1.165) is 18.9 Å². The molecule has 1 saturated heterocycles. The number of carbonyl (C=O) groups is 1. The highest BCUT2D eigenvalue weighted by atomic mass is 19.4. The van der Waals surface area contributed by atoms with Gasteiger partial charge in [-0.2, -0.15) is 26.3 Å². The lowest BCUT2D eigenvalue weighted by molar-refractivity contribution is -0.142. The summed E-state index contributed by atoms with van der Waals surface area (Å²) < 4.78 is 87.3. The zero-order chi connectivity index (χ0) is 24.6. The molecular weight excluding hydrogens is 452 g/mol. The maximum absolute atomic E-state index is 13.6. The molecule has 182 valence electrons. The molecule has 3 rings (SSSR count). The van der Waals surface area contributed by atoms with Crippen LogP contribution in [0.4, 0.5) is 31.1 Å². The third-order valence-electron chi connectivity index (χ3n) is 5.20. The molecule has 1 aromatic heterocycles. The molecule has 0 aliphatic carbocycles. The van der Waals surface area contributed by atoms with Gasteiger partial charge in [-0.15, -0.1) is 0 Å². The summed E-state index contributed by atoms with van der Waals surface area (Å²) in [6.07, 6.45) is -10.1. The fraction of sp³-hybridized carbons (Fsp3) is 0.545. The molecule has 5 nitrogen and oxygen atoms in total. The number of ether oxygens (including phenoxy) is 1. The highest BCUT2D eigenvalue weighted by Gasteiger charge is 2.40. The van der Waals surface area contributed by atoms with Crippen molar-refractivity contribution in [3.63, 3.8) is 0 Å². The van der Waals surface area contributed by atoms with Gasteiger partial charge in [0.15, 0.2) is 0 Å². The van der Waals surface area contributed by atoms with Crippen molar-refractivity contribution in [2.45, 2.75) is 70.1 Å². The number of nitrogens with one attached hydrogen (secondary N) is 2. The van der Waals surface area contributed by atoms with Crippen molar-refractivity contribution in [2.75, 3.05) is 6.54 Å². The number of rotatable bonds is 3. The van der Waals surface area contributed by atoms with Crippen LogP contribution in [0, 0.1) is 0 Å². The molecule has 1 aromatic carbocycles. The Kier molecular flexibility index (Phi) is 6.84. The maximum Gasteiger partial charge on any atom is 0.433 e. The first-order valence-corrected chi connectivity index (χ1v) is 10.5. The van der Waals surface area contributed by atoms with Gasteiger partial charge in [-0.1, -0.05) is 18.6 Å². The lowest BCUT2D eigenvalue weighted by Gasteiger charge is -2.33. The van der Waals surface area contributed by atoms with Crippen LogP contribution in [0.15, 0.2) is 24.3 Å². The second kappa shape index (κ2) is 9.00. The van der Waals surface area contributed by atoms with E-state index in [1.54, 1.807) is 20.8 Å². The molecule has 1 amide bonds. The highest BCUT2D eigenvalue weighted by Crippen LogP contribution is 2.40. The van der Waals surface area contributed by atoms with Gasteiger partial charge in [-0.3, -0.25) is 0 Å². The minimum absolute atomic E-state index is 0.154. The SMILES string of the molecule is CC(C)(C)NC(=O)OC(c1cc(C(F)(F)F)nc2c(C(F)(F)F)cccc12)C1CCCCN1. The van der Waals surface area contributed by atoms with Crippen LogP contribution >= 0.6 is 0 Å². The summed E-state index contributed by atoms with van der Waals surface area (Å²) >= 11 is 0. The van der Waals surface area contributed by atoms with Crippen LogP contribution in [-0.2, 0) is 17.1 Å². The average molecular weight is 477 g/mol. The Balaban J connectivity index is 2.23. The van der Waals surface area contributed by atoms with Crippen LogP contribution in [0.3, 0.4) is 0 Å². The minimum atomic E-state index is -5.00. The number of benzene rings is 1. The summed E-state index contributed by atoms with van der Waals surface area (Å²) in [4.78, 5) is 15.9. The molecule has 1 aliphatic rings. The fourth-order valence-electron chi connectivity index (χ4n) is 3.83. The van der Waals surface area contributed by atoms with Crippen molar-refractivity contribution in [2.24, 2.45) is 0 Å². The summed E-state index contributed by atoms with van der Waals surface area (Å²) in [5, 5.41) is 5.55. The van der Waals surface area contributed by atoms with Gasteiger partial charge in [-0.25, -0.2) is 9.78 Å². The second-order valence-corrected chi connectivity index (χ2v) is 9.05. The van der Waals surface area contributed by atoms with Crippen LogP contribution in [0.2, 0.25) is 0 Å². The lowest BCUT2D eigenvalue weighted by atomic mass is 9.91. The van der Waals surface area contributed by atoms with E-state index in [2.05, 4.69) is 15.6 Å². The molecule has 33 heavy (non-hydrogen) atoms. The van der Waals surface area contributed by atoms with E-state index in [9.17, 15) is 31.1 Å². The maximum atomic E-state index is 13.6. The molecule has 1 aliphatic heterocycles. The Morgan fingerprint density at radius 2 is 1.82 bits per heavy atom. The monoisotopic (exact) mass is 477 g/mol. The van der Waals surface area contributed by atoms with E-state index in [1.807, 2.05) is 0 Å². The predicted octanol–water partition coefficient (Wildman–Crippen LogP) is 5.98. The summed E-state index contributed by atoms with van der Waals surface area (Å²) in [6.45, 7) is 5.62. The van der Waals surface area contributed by atoms with Gasteiger partial charge < -0.3 is 15.4 Å². The van der Waals surface area contributed by atoms with Crippen LogP contribution in [-0.4, -0.2) is 29.2 Å². The normalized spacial score (nSPS) is 18.8. The van der Waals surface area contributed by atoms with Gasteiger partial charge in [0.2, 0.25) is 0 Å². The summed E-state index contributed by atoms with van der Waals surface area (Å²) in [5.74, 6) is 0. The Morgan fingerprint density at radius 3 is 2.36 bits per heavy atom. The Hall–Kier alpha value is -2.56. The van der Waals surface area contributed by atoms with E-state index in [-0.39, 0.29) is 10.9 Å². The molecule has 1 fully saturated rings. The second-order valence-electron chi connectivity index (χ2n) is 9.05. The number of fused-ring (bicyclic) bond motifs is 1. The van der Waals surface area contributed by atoms with Crippen molar-refractivity contribution in [1.29, 1.82) is 0 Å². The first-order valence-electron chi connectivity index (χ1n) is 10.5. The topological polar surface area (TPSA) is 63.2 Å². The zero-order valence-electron chi connectivity index (χ0n) is 18.3. The molecule has 2 aromatic rings. The quantitative estimate of drug-likeness (QED) is 0.534. The summed E-state index contributed by atoms with van der Waals surface area (Å²) in [5.41, 5.74) is -4.48. The lowest BCUT2D eigenvalue weighted by Crippen LogP contribution is -2.45. The van der Waals surface area contributed by atoms with E-state index in [1.165, 1.54) is 6.07 Å². The van der Waals surface area contributed by atoms with Crippen LogP contribution in [0.5, 0.6) is 0 Å². The Labute approximate surface area is 186 Å². The van der Waals surface area contributed by atoms with E-state index in [4.69, 9.17) is 4.74 Å². The number of alkyl carbamates (subject to hydrolysis) is 1. The van der Waals surface area contributed by atoms with E-state index >= 15 is 0 Å². The number of hydrogen-bond donors (Lipinski definition) is 2. The number of aromatic nitrogens is 1.